The second-order valence-electron chi connectivity index (χ2n) is 5.13. The molecule has 3 heterocycles. The van der Waals surface area contributed by atoms with Crippen LogP contribution in [0.15, 0.2) is 36.0 Å². The molecule has 0 saturated heterocycles. The first-order valence-corrected chi connectivity index (χ1v) is 8.19. The van der Waals surface area contributed by atoms with Crippen LogP contribution in [0.2, 0.25) is 0 Å². The first-order valence-electron chi connectivity index (χ1n) is 7.31. The molecule has 0 aliphatic rings. The largest absolute Gasteiger partial charge is 0.383 e. The van der Waals surface area contributed by atoms with Gasteiger partial charge in [0.15, 0.2) is 0 Å². The number of aryl methyl sites for hydroxylation is 1. The van der Waals surface area contributed by atoms with Crippen LogP contribution in [0.5, 0.6) is 0 Å². The fourth-order valence-corrected chi connectivity index (χ4v) is 3.17. The van der Waals surface area contributed by atoms with Gasteiger partial charge < -0.3 is 9.64 Å². The molecule has 0 atom stereocenters. The normalized spacial score (nSPS) is 11.0. The summed E-state index contributed by atoms with van der Waals surface area (Å²) in [5.74, 6) is 0.476. The van der Waals surface area contributed by atoms with Crippen molar-refractivity contribution in [2.24, 2.45) is 0 Å². The van der Waals surface area contributed by atoms with Gasteiger partial charge in [0.2, 0.25) is 5.78 Å². The lowest BCUT2D eigenvalue weighted by Gasteiger charge is -2.21. The van der Waals surface area contributed by atoms with Gasteiger partial charge in [-0.15, -0.1) is 11.3 Å². The van der Waals surface area contributed by atoms with E-state index in [1.165, 1.54) is 0 Å². The number of imidazole rings is 1. The summed E-state index contributed by atoms with van der Waals surface area (Å²) in [6.45, 7) is 3.42. The number of rotatable bonds is 6. The van der Waals surface area contributed by atoms with Crippen molar-refractivity contribution in [3.8, 4) is 0 Å². The lowest BCUT2D eigenvalue weighted by Crippen LogP contribution is -2.34. The van der Waals surface area contributed by atoms with Crippen molar-refractivity contribution in [1.29, 1.82) is 0 Å². The van der Waals surface area contributed by atoms with Crippen LogP contribution in [-0.4, -0.2) is 45.4 Å². The number of aromatic nitrogens is 3. The minimum absolute atomic E-state index is 0.0616. The molecular weight excluding hydrogens is 312 g/mol. The third-order valence-corrected chi connectivity index (χ3v) is 4.42. The zero-order valence-corrected chi connectivity index (χ0v) is 13.9. The van der Waals surface area contributed by atoms with Crippen molar-refractivity contribution in [2.45, 2.75) is 13.5 Å². The molecule has 0 saturated carbocycles. The first kappa shape index (κ1) is 15.6. The highest BCUT2D eigenvalue weighted by atomic mass is 32.1. The highest BCUT2D eigenvalue weighted by Crippen LogP contribution is 2.17. The number of methoxy groups -OCH3 is 1. The molecular formula is C16H18N4O2S. The van der Waals surface area contributed by atoms with Crippen molar-refractivity contribution in [2.75, 3.05) is 20.3 Å². The standard InChI is InChI=1S/C16H18N4O2S/c1-12-14(20-7-4-6-17-16(20)18-12)15(21)19(8-9-22-2)11-13-5-3-10-23-13/h3-7,10H,8-9,11H2,1-2H3. The second kappa shape index (κ2) is 6.89. The maximum atomic E-state index is 13.1. The number of amides is 1. The lowest BCUT2D eigenvalue weighted by atomic mass is 10.3. The van der Waals surface area contributed by atoms with Crippen LogP contribution in [-0.2, 0) is 11.3 Å². The Labute approximate surface area is 138 Å². The maximum Gasteiger partial charge on any atom is 0.273 e. The quantitative estimate of drug-likeness (QED) is 0.696. The minimum atomic E-state index is -0.0616. The van der Waals surface area contributed by atoms with Gasteiger partial charge in [-0.25, -0.2) is 9.97 Å². The summed E-state index contributed by atoms with van der Waals surface area (Å²) < 4.78 is 6.89. The number of ether oxygens (including phenoxy) is 1. The van der Waals surface area contributed by atoms with E-state index in [1.807, 2.05) is 30.6 Å². The average Bonchev–Trinajstić information content (AvgIpc) is 3.17. The summed E-state index contributed by atoms with van der Waals surface area (Å²) in [6, 6.07) is 5.81. The van der Waals surface area contributed by atoms with Crippen molar-refractivity contribution in [1.82, 2.24) is 19.3 Å². The van der Waals surface area contributed by atoms with E-state index in [0.717, 1.165) is 4.88 Å². The molecule has 3 aromatic heterocycles. The van der Waals surface area contributed by atoms with Gasteiger partial charge in [-0.05, 0) is 24.4 Å². The molecule has 3 aromatic rings. The predicted octanol–water partition coefficient (Wildman–Crippen LogP) is 2.39. The third-order valence-electron chi connectivity index (χ3n) is 3.56. The summed E-state index contributed by atoms with van der Waals surface area (Å²) in [5.41, 5.74) is 1.24. The monoisotopic (exact) mass is 330 g/mol. The van der Waals surface area contributed by atoms with Gasteiger partial charge in [-0.3, -0.25) is 9.20 Å². The van der Waals surface area contributed by atoms with Gasteiger partial charge >= 0.3 is 0 Å². The van der Waals surface area contributed by atoms with Crippen molar-refractivity contribution in [3.63, 3.8) is 0 Å². The van der Waals surface area contributed by atoms with E-state index in [2.05, 4.69) is 9.97 Å². The maximum absolute atomic E-state index is 13.1. The molecule has 23 heavy (non-hydrogen) atoms. The molecule has 0 N–H and O–H groups in total. The van der Waals surface area contributed by atoms with Crippen LogP contribution < -0.4 is 0 Å². The van der Waals surface area contributed by atoms with Crippen LogP contribution in [0.3, 0.4) is 0 Å². The van der Waals surface area contributed by atoms with E-state index in [4.69, 9.17) is 4.74 Å². The molecule has 0 aromatic carbocycles. The minimum Gasteiger partial charge on any atom is -0.383 e. The van der Waals surface area contributed by atoms with Crippen LogP contribution in [0.4, 0.5) is 0 Å². The zero-order chi connectivity index (χ0) is 16.2. The molecule has 6 nitrogen and oxygen atoms in total. The fourth-order valence-electron chi connectivity index (χ4n) is 2.45. The molecule has 0 bridgehead atoms. The smallest absolute Gasteiger partial charge is 0.273 e. The van der Waals surface area contributed by atoms with Crippen LogP contribution >= 0.6 is 11.3 Å². The van der Waals surface area contributed by atoms with E-state index in [1.54, 1.807) is 40.0 Å². The number of carbonyl (C=O) groups is 1. The Morgan fingerprint density at radius 3 is 3.04 bits per heavy atom. The number of carbonyl (C=O) groups excluding carboxylic acids is 1. The van der Waals surface area contributed by atoms with Crippen molar-refractivity contribution >= 4 is 23.0 Å². The molecule has 3 rings (SSSR count). The predicted molar refractivity (Wildman–Crippen MR) is 88.7 cm³/mol. The Morgan fingerprint density at radius 2 is 2.30 bits per heavy atom. The van der Waals surface area contributed by atoms with Gasteiger partial charge in [-0.1, -0.05) is 6.07 Å². The van der Waals surface area contributed by atoms with Crippen LogP contribution in [0.1, 0.15) is 21.1 Å². The van der Waals surface area contributed by atoms with E-state index in [-0.39, 0.29) is 5.91 Å². The molecule has 0 aliphatic heterocycles. The van der Waals surface area contributed by atoms with Crippen molar-refractivity contribution < 1.29 is 9.53 Å². The second-order valence-corrected chi connectivity index (χ2v) is 6.17. The summed E-state index contributed by atoms with van der Waals surface area (Å²) in [4.78, 5) is 24.6. The van der Waals surface area contributed by atoms with Crippen molar-refractivity contribution in [3.05, 3.63) is 52.2 Å². The van der Waals surface area contributed by atoms with E-state index >= 15 is 0 Å². The Hall–Kier alpha value is -2.25. The summed E-state index contributed by atoms with van der Waals surface area (Å²) in [6.07, 6.45) is 3.49. The van der Waals surface area contributed by atoms with Gasteiger partial charge in [-0.2, -0.15) is 0 Å². The van der Waals surface area contributed by atoms with E-state index < -0.39 is 0 Å². The topological polar surface area (TPSA) is 59.7 Å². The molecule has 0 fully saturated rings. The van der Waals surface area contributed by atoms with E-state index in [9.17, 15) is 4.79 Å². The Morgan fingerprint density at radius 1 is 1.43 bits per heavy atom. The molecule has 0 spiro atoms. The number of thiophene rings is 1. The fraction of sp³-hybridized carbons (Fsp3) is 0.312. The summed E-state index contributed by atoms with van der Waals surface area (Å²) in [7, 11) is 1.64. The Bertz CT molecular complexity index is 798. The molecule has 0 radical (unpaired) electrons. The number of hydrogen-bond donors (Lipinski definition) is 0. The molecule has 0 unspecified atom stereocenters. The molecule has 7 heteroatoms. The SMILES string of the molecule is COCCN(Cc1cccs1)C(=O)c1c(C)nc2ncccn12. The van der Waals surface area contributed by atoms with Gasteiger partial charge in [0.1, 0.15) is 5.69 Å². The molecule has 0 aliphatic carbocycles. The lowest BCUT2D eigenvalue weighted by molar-refractivity contribution is 0.0674. The first-order chi connectivity index (χ1) is 11.2. The number of nitrogens with zero attached hydrogens (tertiary/aromatic N) is 4. The third kappa shape index (κ3) is 3.25. The summed E-state index contributed by atoms with van der Waals surface area (Å²) in [5, 5.41) is 2.01. The van der Waals surface area contributed by atoms with Gasteiger partial charge in [0.05, 0.1) is 18.8 Å². The molecule has 1 amide bonds. The number of fused-ring (bicyclic) bond motifs is 1. The Kier molecular flexibility index (Phi) is 4.68. The number of hydrogen-bond acceptors (Lipinski definition) is 5. The highest BCUT2D eigenvalue weighted by molar-refractivity contribution is 7.09. The van der Waals surface area contributed by atoms with Crippen LogP contribution in [0.25, 0.3) is 5.78 Å². The zero-order valence-electron chi connectivity index (χ0n) is 13.1. The van der Waals surface area contributed by atoms with Gasteiger partial charge in [0, 0.05) is 30.9 Å². The average molecular weight is 330 g/mol. The molecule has 120 valence electrons. The highest BCUT2D eigenvalue weighted by Gasteiger charge is 2.23. The van der Waals surface area contributed by atoms with Gasteiger partial charge in [0.25, 0.3) is 5.91 Å². The Balaban J connectivity index is 1.94. The van der Waals surface area contributed by atoms with E-state index in [0.29, 0.717) is 36.9 Å². The summed E-state index contributed by atoms with van der Waals surface area (Å²) >= 11 is 1.64. The van der Waals surface area contributed by atoms with Crippen LogP contribution in [0, 0.1) is 6.92 Å².